The number of hydrogen-bond acceptors (Lipinski definition) is 5. The minimum atomic E-state index is -4.19. The Morgan fingerprint density at radius 1 is 0.925 bits per heavy atom. The van der Waals surface area contributed by atoms with Gasteiger partial charge in [-0.1, -0.05) is 61.0 Å². The van der Waals surface area contributed by atoms with E-state index in [1.165, 1.54) is 17.0 Å². The van der Waals surface area contributed by atoms with E-state index in [0.29, 0.717) is 23.8 Å². The van der Waals surface area contributed by atoms with Gasteiger partial charge in [-0.3, -0.25) is 13.9 Å². The second-order valence-electron chi connectivity index (χ2n) is 9.46. The molecular formula is C30H36ClN3O5S. The molecule has 3 aromatic carbocycles. The monoisotopic (exact) mass is 585 g/mol. The fourth-order valence-electron chi connectivity index (χ4n) is 4.26. The number of halogens is 1. The summed E-state index contributed by atoms with van der Waals surface area (Å²) in [5.41, 5.74) is 0.980. The Balaban J connectivity index is 2.09. The first kappa shape index (κ1) is 31.0. The number of carbonyl (C=O) groups is 2. The summed E-state index contributed by atoms with van der Waals surface area (Å²) >= 11 is 6.06. The SMILES string of the molecule is CCOc1ccccc1N(CC(=O)N(Cc1ccc(Cl)cc1)[C@@H](CC)C(=O)NC(C)C)S(=O)(=O)c1ccccc1. The quantitative estimate of drug-likeness (QED) is 0.295. The lowest BCUT2D eigenvalue weighted by atomic mass is 10.1. The van der Waals surface area contributed by atoms with Crippen molar-refractivity contribution in [2.24, 2.45) is 0 Å². The van der Waals surface area contributed by atoms with Crippen molar-refractivity contribution < 1.29 is 22.7 Å². The van der Waals surface area contributed by atoms with Crippen molar-refractivity contribution in [2.45, 2.75) is 57.6 Å². The van der Waals surface area contributed by atoms with Crippen LogP contribution >= 0.6 is 11.6 Å². The van der Waals surface area contributed by atoms with Gasteiger partial charge in [0.15, 0.2) is 0 Å². The van der Waals surface area contributed by atoms with Gasteiger partial charge in [-0.25, -0.2) is 8.42 Å². The van der Waals surface area contributed by atoms with E-state index in [1.54, 1.807) is 73.7 Å². The van der Waals surface area contributed by atoms with Crippen molar-refractivity contribution in [3.8, 4) is 5.75 Å². The lowest BCUT2D eigenvalue weighted by Crippen LogP contribution is -2.53. The molecule has 2 amide bonds. The smallest absolute Gasteiger partial charge is 0.264 e. The van der Waals surface area contributed by atoms with Crippen LogP contribution in [0.25, 0.3) is 0 Å². The summed E-state index contributed by atoms with van der Waals surface area (Å²) in [5, 5.41) is 3.43. The summed E-state index contributed by atoms with van der Waals surface area (Å²) in [6.07, 6.45) is 0.332. The zero-order valence-corrected chi connectivity index (χ0v) is 24.8. The molecule has 0 radical (unpaired) electrons. The molecule has 0 aliphatic rings. The van der Waals surface area contributed by atoms with E-state index in [2.05, 4.69) is 5.32 Å². The average Bonchev–Trinajstić information content (AvgIpc) is 2.93. The van der Waals surface area contributed by atoms with Crippen LogP contribution in [0.2, 0.25) is 5.02 Å². The molecule has 0 unspecified atom stereocenters. The van der Waals surface area contributed by atoms with Crippen LogP contribution in [0.3, 0.4) is 0 Å². The molecule has 8 nitrogen and oxygen atoms in total. The van der Waals surface area contributed by atoms with Crippen molar-refractivity contribution in [1.82, 2.24) is 10.2 Å². The lowest BCUT2D eigenvalue weighted by molar-refractivity contribution is -0.140. The van der Waals surface area contributed by atoms with Crippen LogP contribution in [0.15, 0.2) is 83.8 Å². The number of ether oxygens (including phenoxy) is 1. The number of nitrogens with zero attached hydrogens (tertiary/aromatic N) is 2. The summed E-state index contributed by atoms with van der Waals surface area (Å²) in [6.45, 7) is 7.15. The zero-order chi connectivity index (χ0) is 29.3. The van der Waals surface area contributed by atoms with Gasteiger partial charge in [-0.2, -0.15) is 0 Å². The number of para-hydroxylation sites is 2. The third kappa shape index (κ3) is 7.76. The van der Waals surface area contributed by atoms with E-state index >= 15 is 0 Å². The summed E-state index contributed by atoms with van der Waals surface area (Å²) in [4.78, 5) is 28.8. The fraction of sp³-hybridized carbons (Fsp3) is 0.333. The molecule has 0 aromatic heterocycles. The number of amides is 2. The van der Waals surface area contributed by atoms with Crippen LogP contribution in [0.4, 0.5) is 5.69 Å². The number of anilines is 1. The van der Waals surface area contributed by atoms with Crippen LogP contribution < -0.4 is 14.4 Å². The highest BCUT2D eigenvalue weighted by Gasteiger charge is 2.34. The number of hydrogen-bond donors (Lipinski definition) is 1. The Bertz CT molecular complexity index is 1380. The lowest BCUT2D eigenvalue weighted by Gasteiger charge is -2.34. The number of benzene rings is 3. The third-order valence-corrected chi connectivity index (χ3v) is 8.15. The maximum atomic E-state index is 14.1. The highest BCUT2D eigenvalue weighted by Crippen LogP contribution is 2.33. The molecule has 3 rings (SSSR count). The first-order valence-electron chi connectivity index (χ1n) is 13.2. The van der Waals surface area contributed by atoms with E-state index in [-0.39, 0.29) is 29.1 Å². The number of rotatable bonds is 13. The Morgan fingerprint density at radius 2 is 1.55 bits per heavy atom. The van der Waals surface area contributed by atoms with E-state index in [0.717, 1.165) is 9.87 Å². The Hall–Kier alpha value is -3.56. The Kier molecular flexibility index (Phi) is 11.0. The summed E-state index contributed by atoms with van der Waals surface area (Å²) in [7, 11) is -4.19. The molecule has 0 saturated heterocycles. The molecule has 0 fully saturated rings. The van der Waals surface area contributed by atoms with Crippen molar-refractivity contribution in [3.05, 3.63) is 89.4 Å². The molecule has 0 bridgehead atoms. The summed E-state index contributed by atoms with van der Waals surface area (Å²) in [5.74, 6) is -0.523. The largest absolute Gasteiger partial charge is 0.492 e. The summed E-state index contributed by atoms with van der Waals surface area (Å²) < 4.78 is 34.7. The minimum Gasteiger partial charge on any atom is -0.492 e. The normalized spacial score (nSPS) is 12.1. The van der Waals surface area contributed by atoms with Crippen LogP contribution in [0.1, 0.15) is 39.7 Å². The number of carbonyl (C=O) groups excluding carboxylic acids is 2. The van der Waals surface area contributed by atoms with E-state index < -0.39 is 28.5 Å². The first-order valence-corrected chi connectivity index (χ1v) is 15.0. The van der Waals surface area contributed by atoms with Gasteiger partial charge in [0.05, 0.1) is 17.2 Å². The van der Waals surface area contributed by atoms with E-state index in [9.17, 15) is 18.0 Å². The van der Waals surface area contributed by atoms with Crippen LogP contribution in [-0.2, 0) is 26.2 Å². The molecule has 214 valence electrons. The molecule has 3 aromatic rings. The molecule has 0 saturated carbocycles. The molecule has 0 heterocycles. The highest BCUT2D eigenvalue weighted by molar-refractivity contribution is 7.92. The van der Waals surface area contributed by atoms with Gasteiger partial charge in [0, 0.05) is 17.6 Å². The highest BCUT2D eigenvalue weighted by atomic mass is 35.5. The van der Waals surface area contributed by atoms with Gasteiger partial charge in [-0.05, 0) is 69.2 Å². The minimum absolute atomic E-state index is 0.0305. The van der Waals surface area contributed by atoms with Gasteiger partial charge in [0.25, 0.3) is 10.0 Å². The average molecular weight is 586 g/mol. The topological polar surface area (TPSA) is 96.0 Å². The Morgan fingerprint density at radius 3 is 2.15 bits per heavy atom. The van der Waals surface area contributed by atoms with Crippen LogP contribution in [0.5, 0.6) is 5.75 Å². The van der Waals surface area contributed by atoms with E-state index in [1.807, 2.05) is 20.8 Å². The zero-order valence-electron chi connectivity index (χ0n) is 23.2. The second kappa shape index (κ2) is 14.2. The van der Waals surface area contributed by atoms with Gasteiger partial charge >= 0.3 is 0 Å². The molecule has 0 aliphatic carbocycles. The van der Waals surface area contributed by atoms with Crippen molar-refractivity contribution >= 4 is 39.1 Å². The maximum Gasteiger partial charge on any atom is 0.264 e. The van der Waals surface area contributed by atoms with Gasteiger partial charge in [0.1, 0.15) is 18.3 Å². The standard InChI is InChI=1S/C30H36ClN3O5S/c1-5-26(30(36)32-22(3)4)33(20-23-16-18-24(31)19-17-23)29(35)21-34(27-14-10-11-15-28(27)39-6-2)40(37,38)25-12-8-7-9-13-25/h7-19,22,26H,5-6,20-21H2,1-4H3,(H,32,36)/t26-/m0/s1. The van der Waals surface area contributed by atoms with Gasteiger partial charge < -0.3 is 15.0 Å². The predicted octanol–water partition coefficient (Wildman–Crippen LogP) is 5.27. The first-order chi connectivity index (χ1) is 19.1. The van der Waals surface area contributed by atoms with Crippen molar-refractivity contribution in [1.29, 1.82) is 0 Å². The summed E-state index contributed by atoms with van der Waals surface area (Å²) in [6, 6.07) is 20.6. The predicted molar refractivity (Wildman–Crippen MR) is 158 cm³/mol. The van der Waals surface area contributed by atoms with Gasteiger partial charge in [-0.15, -0.1) is 0 Å². The van der Waals surface area contributed by atoms with E-state index in [4.69, 9.17) is 16.3 Å². The molecule has 40 heavy (non-hydrogen) atoms. The van der Waals surface area contributed by atoms with Crippen LogP contribution in [0, 0.1) is 0 Å². The Labute approximate surface area is 241 Å². The number of sulfonamides is 1. The molecule has 1 atom stereocenters. The second-order valence-corrected chi connectivity index (χ2v) is 11.8. The van der Waals surface area contributed by atoms with Crippen molar-refractivity contribution in [2.75, 3.05) is 17.5 Å². The maximum absolute atomic E-state index is 14.1. The number of nitrogens with one attached hydrogen (secondary N) is 1. The molecular weight excluding hydrogens is 550 g/mol. The molecule has 10 heteroatoms. The molecule has 0 aliphatic heterocycles. The fourth-order valence-corrected chi connectivity index (χ4v) is 5.83. The third-order valence-electron chi connectivity index (χ3n) is 6.13. The molecule has 1 N–H and O–H groups in total. The molecule has 0 spiro atoms. The van der Waals surface area contributed by atoms with Crippen molar-refractivity contribution in [3.63, 3.8) is 0 Å². The van der Waals surface area contributed by atoms with Gasteiger partial charge in [0.2, 0.25) is 11.8 Å². The van der Waals surface area contributed by atoms with Crippen LogP contribution in [-0.4, -0.2) is 50.4 Å².